The second kappa shape index (κ2) is 7.22. The first-order valence-electron chi connectivity index (χ1n) is 5.47. The number of hydrogen-bond acceptors (Lipinski definition) is 1. The zero-order chi connectivity index (χ0) is 10.4. The molecule has 0 spiro atoms. The van der Waals surface area contributed by atoms with Crippen LogP contribution in [-0.4, -0.2) is 5.78 Å². The second-order valence-corrected chi connectivity index (χ2v) is 3.36. The maximum Gasteiger partial charge on any atom is 0.165 e. The van der Waals surface area contributed by atoms with Gasteiger partial charge in [-0.2, -0.15) is 0 Å². The van der Waals surface area contributed by atoms with Gasteiger partial charge in [0.15, 0.2) is 5.78 Å². The molecule has 1 aromatic rings. The lowest BCUT2D eigenvalue weighted by Gasteiger charge is -2.23. The Bertz CT molecular complexity index is 273. The minimum atomic E-state index is 0. The summed E-state index contributed by atoms with van der Waals surface area (Å²) in [5.41, 5.74) is 0.877. The van der Waals surface area contributed by atoms with Crippen molar-refractivity contribution in [2.24, 2.45) is 5.92 Å². The standard InChI is InChI=1S/C11H12O.C2H6.CH4/c12-11(10-7-4-8-10)9-5-2-1-3-6-9;1-2;/h1-3,5-6,10H,4,7-8H2;1-2H3;1H4. The van der Waals surface area contributed by atoms with Gasteiger partial charge in [-0.15, -0.1) is 0 Å². The Morgan fingerprint density at radius 3 is 2.07 bits per heavy atom. The minimum absolute atomic E-state index is 0. The lowest BCUT2D eigenvalue weighted by Crippen LogP contribution is -2.21. The number of carbonyl (C=O) groups excluding carboxylic acids is 1. The number of hydrogen-bond donors (Lipinski definition) is 0. The molecule has 0 saturated heterocycles. The summed E-state index contributed by atoms with van der Waals surface area (Å²) in [5, 5.41) is 0. The minimum Gasteiger partial charge on any atom is -0.294 e. The summed E-state index contributed by atoms with van der Waals surface area (Å²) in [4.78, 5) is 11.6. The summed E-state index contributed by atoms with van der Waals surface area (Å²) in [7, 11) is 0. The van der Waals surface area contributed by atoms with Gasteiger partial charge in [0.1, 0.15) is 0 Å². The van der Waals surface area contributed by atoms with Crippen molar-refractivity contribution in [3.63, 3.8) is 0 Å². The summed E-state index contributed by atoms with van der Waals surface area (Å²) in [6.07, 6.45) is 3.41. The number of benzene rings is 1. The topological polar surface area (TPSA) is 17.1 Å². The van der Waals surface area contributed by atoms with Crippen LogP contribution in [0.4, 0.5) is 0 Å². The largest absolute Gasteiger partial charge is 0.294 e. The van der Waals surface area contributed by atoms with E-state index in [-0.39, 0.29) is 7.43 Å². The molecule has 1 heteroatoms. The molecule has 1 fully saturated rings. The molecule has 2 rings (SSSR count). The summed E-state index contributed by atoms with van der Waals surface area (Å²) >= 11 is 0. The molecule has 1 aliphatic rings. The first-order valence-corrected chi connectivity index (χ1v) is 5.47. The molecule has 1 aromatic carbocycles. The van der Waals surface area contributed by atoms with Crippen LogP contribution < -0.4 is 0 Å². The van der Waals surface area contributed by atoms with Crippen molar-refractivity contribution in [3.05, 3.63) is 35.9 Å². The van der Waals surface area contributed by atoms with Gasteiger partial charge in [-0.1, -0.05) is 58.0 Å². The highest BCUT2D eigenvalue weighted by atomic mass is 16.1. The second-order valence-electron chi connectivity index (χ2n) is 3.36. The van der Waals surface area contributed by atoms with E-state index in [9.17, 15) is 4.79 Å². The summed E-state index contributed by atoms with van der Waals surface area (Å²) in [6.45, 7) is 4.00. The van der Waals surface area contributed by atoms with Gasteiger partial charge in [0.25, 0.3) is 0 Å². The molecule has 0 radical (unpaired) electrons. The molecule has 84 valence electrons. The lowest BCUT2D eigenvalue weighted by molar-refractivity contribution is 0.0855. The summed E-state index contributed by atoms with van der Waals surface area (Å²) < 4.78 is 0. The summed E-state index contributed by atoms with van der Waals surface area (Å²) in [6, 6.07) is 9.59. The van der Waals surface area contributed by atoms with Crippen LogP contribution in [0.15, 0.2) is 30.3 Å². The van der Waals surface area contributed by atoms with E-state index in [1.165, 1.54) is 6.42 Å². The zero-order valence-corrected chi connectivity index (χ0v) is 8.99. The van der Waals surface area contributed by atoms with Crippen LogP contribution in [0.5, 0.6) is 0 Å². The Hall–Kier alpha value is -1.11. The normalized spacial score (nSPS) is 14.0. The molecule has 0 heterocycles. The maximum absolute atomic E-state index is 11.6. The number of ketones is 1. The van der Waals surface area contributed by atoms with Crippen LogP contribution in [0, 0.1) is 5.92 Å². The van der Waals surface area contributed by atoms with Crippen LogP contribution >= 0.6 is 0 Å². The highest BCUT2D eigenvalue weighted by Gasteiger charge is 2.25. The number of carbonyl (C=O) groups is 1. The molecule has 1 nitrogen and oxygen atoms in total. The predicted molar refractivity (Wildman–Crippen MR) is 66.2 cm³/mol. The van der Waals surface area contributed by atoms with Crippen LogP contribution in [-0.2, 0) is 0 Å². The molecular formula is C14H22O. The predicted octanol–water partition coefficient (Wildman–Crippen LogP) is 4.33. The van der Waals surface area contributed by atoms with Crippen molar-refractivity contribution >= 4 is 5.78 Å². The first-order chi connectivity index (χ1) is 6.88. The van der Waals surface area contributed by atoms with E-state index in [4.69, 9.17) is 0 Å². The van der Waals surface area contributed by atoms with Gasteiger partial charge in [-0.05, 0) is 12.8 Å². The Balaban J connectivity index is 0.000000617. The molecule has 0 unspecified atom stereocenters. The zero-order valence-electron chi connectivity index (χ0n) is 8.99. The molecule has 0 aromatic heterocycles. The van der Waals surface area contributed by atoms with E-state index < -0.39 is 0 Å². The molecule has 1 saturated carbocycles. The molecule has 0 aliphatic heterocycles. The van der Waals surface area contributed by atoms with Crippen molar-refractivity contribution in [2.45, 2.75) is 40.5 Å². The van der Waals surface area contributed by atoms with Gasteiger partial charge < -0.3 is 0 Å². The monoisotopic (exact) mass is 206 g/mol. The van der Waals surface area contributed by atoms with E-state index in [0.717, 1.165) is 18.4 Å². The summed E-state index contributed by atoms with van der Waals surface area (Å²) in [5.74, 6) is 0.661. The van der Waals surface area contributed by atoms with E-state index in [0.29, 0.717) is 11.7 Å². The van der Waals surface area contributed by atoms with Gasteiger partial charge in [0, 0.05) is 11.5 Å². The molecule has 0 N–H and O–H groups in total. The molecule has 0 atom stereocenters. The smallest absolute Gasteiger partial charge is 0.165 e. The maximum atomic E-state index is 11.6. The van der Waals surface area contributed by atoms with Crippen molar-refractivity contribution < 1.29 is 4.79 Å². The lowest BCUT2D eigenvalue weighted by atomic mass is 9.80. The Morgan fingerprint density at radius 2 is 1.67 bits per heavy atom. The van der Waals surface area contributed by atoms with E-state index in [1.807, 2.05) is 44.2 Å². The molecule has 15 heavy (non-hydrogen) atoms. The van der Waals surface area contributed by atoms with E-state index in [1.54, 1.807) is 0 Å². The van der Waals surface area contributed by atoms with Gasteiger partial charge in [0.2, 0.25) is 0 Å². The number of rotatable bonds is 2. The molecular weight excluding hydrogens is 184 g/mol. The Labute approximate surface area is 93.5 Å². The van der Waals surface area contributed by atoms with Crippen LogP contribution in [0.25, 0.3) is 0 Å². The highest BCUT2D eigenvalue weighted by molar-refractivity contribution is 5.98. The Morgan fingerprint density at radius 1 is 1.13 bits per heavy atom. The third-order valence-corrected chi connectivity index (χ3v) is 2.53. The molecule has 0 bridgehead atoms. The van der Waals surface area contributed by atoms with Crippen molar-refractivity contribution in [2.75, 3.05) is 0 Å². The number of Topliss-reactive ketones (excluding diaryl/α,β-unsaturated/α-hetero) is 1. The SMILES string of the molecule is C.CC.O=C(c1ccccc1)C1CCC1. The molecule has 1 aliphatic carbocycles. The first kappa shape index (κ1) is 13.9. The van der Waals surface area contributed by atoms with Gasteiger partial charge in [-0.3, -0.25) is 4.79 Å². The van der Waals surface area contributed by atoms with Crippen LogP contribution in [0.2, 0.25) is 0 Å². The van der Waals surface area contributed by atoms with Crippen molar-refractivity contribution in [1.82, 2.24) is 0 Å². The van der Waals surface area contributed by atoms with E-state index in [2.05, 4.69) is 0 Å². The fourth-order valence-corrected chi connectivity index (χ4v) is 1.51. The third-order valence-electron chi connectivity index (χ3n) is 2.53. The highest BCUT2D eigenvalue weighted by Crippen LogP contribution is 2.29. The third kappa shape index (κ3) is 3.50. The van der Waals surface area contributed by atoms with Crippen LogP contribution in [0.1, 0.15) is 50.9 Å². The van der Waals surface area contributed by atoms with Gasteiger partial charge >= 0.3 is 0 Å². The molecule has 0 amide bonds. The fourth-order valence-electron chi connectivity index (χ4n) is 1.51. The van der Waals surface area contributed by atoms with E-state index >= 15 is 0 Å². The average molecular weight is 206 g/mol. The Kier molecular flexibility index (Phi) is 6.68. The fraction of sp³-hybridized carbons (Fsp3) is 0.500. The van der Waals surface area contributed by atoms with Crippen molar-refractivity contribution in [1.29, 1.82) is 0 Å². The quantitative estimate of drug-likeness (QED) is 0.658. The van der Waals surface area contributed by atoms with Crippen molar-refractivity contribution in [3.8, 4) is 0 Å². The van der Waals surface area contributed by atoms with Crippen LogP contribution in [0.3, 0.4) is 0 Å². The van der Waals surface area contributed by atoms with Gasteiger partial charge in [-0.25, -0.2) is 0 Å². The van der Waals surface area contributed by atoms with Gasteiger partial charge in [0.05, 0.1) is 0 Å². The average Bonchev–Trinajstić information content (AvgIpc) is 2.20.